The number of aromatic nitrogens is 3. The average Bonchev–Trinajstić information content (AvgIpc) is 3.31. The fourth-order valence-electron chi connectivity index (χ4n) is 3.03. The molecule has 0 saturated carbocycles. The van der Waals surface area contributed by atoms with E-state index in [1.165, 1.54) is 23.9 Å². The molecule has 0 atom stereocenters. The summed E-state index contributed by atoms with van der Waals surface area (Å²) in [7, 11) is -2.24. The van der Waals surface area contributed by atoms with Crippen molar-refractivity contribution in [1.82, 2.24) is 14.5 Å². The second-order valence-corrected chi connectivity index (χ2v) is 10.4. The van der Waals surface area contributed by atoms with Crippen molar-refractivity contribution in [2.24, 2.45) is 7.05 Å². The highest BCUT2D eigenvalue weighted by atomic mass is 32.2. The second kappa shape index (κ2) is 6.75. The summed E-state index contributed by atoms with van der Waals surface area (Å²) in [4.78, 5) is 19.3. The Hall–Kier alpha value is -2.51. The fourth-order valence-corrected chi connectivity index (χ4v) is 7.58. The van der Waals surface area contributed by atoms with Crippen LogP contribution in [0.3, 0.4) is 0 Å². The lowest BCUT2D eigenvalue weighted by Gasteiger charge is -2.05. The molecule has 4 rings (SSSR count). The number of rotatable bonds is 4. The molecule has 30 heavy (non-hydrogen) atoms. The number of fused-ring (bicyclic) bond motifs is 2. The smallest absolute Gasteiger partial charge is 0.433 e. The molecule has 0 fully saturated rings. The molecule has 4 heterocycles. The Bertz CT molecular complexity index is 1430. The van der Waals surface area contributed by atoms with E-state index >= 15 is 0 Å². The minimum atomic E-state index is -4.65. The van der Waals surface area contributed by atoms with E-state index in [0.717, 1.165) is 34.9 Å². The first-order chi connectivity index (χ1) is 14.0. The fraction of sp³-hybridized carbons (Fsp3) is 0.235. The molecule has 0 aliphatic rings. The molecule has 0 saturated heterocycles. The molecule has 0 amide bonds. The van der Waals surface area contributed by atoms with Crippen molar-refractivity contribution in [3.8, 4) is 10.7 Å². The molecule has 0 aliphatic heterocycles. The Morgan fingerprint density at radius 2 is 2.00 bits per heavy atom. The van der Waals surface area contributed by atoms with E-state index in [9.17, 15) is 31.5 Å². The van der Waals surface area contributed by atoms with Crippen molar-refractivity contribution in [2.45, 2.75) is 18.0 Å². The molecular formula is C17H12F3N3O4S3. The summed E-state index contributed by atoms with van der Waals surface area (Å²) in [5, 5.41) is 10.8. The predicted molar refractivity (Wildman–Crippen MR) is 107 cm³/mol. The molecule has 1 N–H and O–H groups in total. The highest BCUT2D eigenvalue weighted by Gasteiger charge is 2.34. The zero-order valence-corrected chi connectivity index (χ0v) is 17.8. The molecule has 0 aliphatic carbocycles. The van der Waals surface area contributed by atoms with Crippen LogP contribution in [0.4, 0.5) is 13.2 Å². The van der Waals surface area contributed by atoms with Crippen molar-refractivity contribution in [3.63, 3.8) is 0 Å². The van der Waals surface area contributed by atoms with Gasteiger partial charge in [-0.1, -0.05) is 6.92 Å². The summed E-state index contributed by atoms with van der Waals surface area (Å²) in [5.41, 5.74) is -0.849. The summed E-state index contributed by atoms with van der Waals surface area (Å²) >= 11 is 1.94. The van der Waals surface area contributed by atoms with Crippen LogP contribution in [0.5, 0.6) is 0 Å². The van der Waals surface area contributed by atoms with E-state index in [0.29, 0.717) is 4.70 Å². The third-order valence-electron chi connectivity index (χ3n) is 4.54. The van der Waals surface area contributed by atoms with E-state index in [1.807, 2.05) is 0 Å². The van der Waals surface area contributed by atoms with Crippen LogP contribution in [0.1, 0.15) is 23.0 Å². The predicted octanol–water partition coefficient (Wildman–Crippen LogP) is 4.42. The largest absolute Gasteiger partial charge is 0.478 e. The first-order valence-corrected chi connectivity index (χ1v) is 11.7. The van der Waals surface area contributed by atoms with Crippen LogP contribution in [0.25, 0.3) is 31.1 Å². The standard InChI is InChI=1S/C17H12F3N3O4S3/c1-3-30(26,27)14-12-11(7(6-28-12)16(24)25)29-13(14)15-22-8-4-10(17(18,19)20)21-5-9(8)23(15)2/h4-6H,3H2,1-2H3,(H,24,25). The zero-order valence-electron chi connectivity index (χ0n) is 15.3. The topological polar surface area (TPSA) is 102 Å². The lowest BCUT2D eigenvalue weighted by molar-refractivity contribution is -0.141. The van der Waals surface area contributed by atoms with E-state index < -0.39 is 27.7 Å². The minimum absolute atomic E-state index is 0.00452. The number of alkyl halides is 3. The van der Waals surface area contributed by atoms with E-state index in [2.05, 4.69) is 9.97 Å². The number of sulfone groups is 1. The maximum Gasteiger partial charge on any atom is 0.433 e. The van der Waals surface area contributed by atoms with Gasteiger partial charge in [-0.15, -0.1) is 22.7 Å². The van der Waals surface area contributed by atoms with Gasteiger partial charge >= 0.3 is 12.1 Å². The minimum Gasteiger partial charge on any atom is -0.478 e. The highest BCUT2D eigenvalue weighted by Crippen LogP contribution is 2.46. The van der Waals surface area contributed by atoms with Crippen LogP contribution < -0.4 is 0 Å². The van der Waals surface area contributed by atoms with Crippen LogP contribution in [-0.2, 0) is 23.1 Å². The number of pyridine rings is 1. The molecule has 0 radical (unpaired) electrons. The van der Waals surface area contributed by atoms with E-state index in [1.54, 1.807) is 0 Å². The summed E-state index contributed by atoms with van der Waals surface area (Å²) in [5.74, 6) is -1.29. The second-order valence-electron chi connectivity index (χ2n) is 6.33. The molecular weight excluding hydrogens is 463 g/mol. The van der Waals surface area contributed by atoms with Gasteiger partial charge in [0.1, 0.15) is 10.6 Å². The average molecular weight is 475 g/mol. The Morgan fingerprint density at radius 3 is 2.60 bits per heavy atom. The summed E-state index contributed by atoms with van der Waals surface area (Å²) in [6.45, 7) is 1.46. The van der Waals surface area contributed by atoms with Crippen LogP contribution in [-0.4, -0.2) is 39.8 Å². The third kappa shape index (κ3) is 3.08. The number of aromatic carboxylic acids is 1. The Balaban J connectivity index is 2.06. The summed E-state index contributed by atoms with van der Waals surface area (Å²) in [6, 6.07) is 0.797. The number of thiophene rings is 2. The Kier molecular flexibility index (Phi) is 4.67. The van der Waals surface area contributed by atoms with Gasteiger partial charge in [0, 0.05) is 12.4 Å². The highest BCUT2D eigenvalue weighted by molar-refractivity contribution is 7.92. The molecule has 158 valence electrons. The van der Waals surface area contributed by atoms with E-state index in [-0.39, 0.29) is 42.6 Å². The number of carboxylic acid groups (broad SMARTS) is 1. The van der Waals surface area contributed by atoms with Crippen molar-refractivity contribution in [2.75, 3.05) is 5.75 Å². The molecule has 7 nitrogen and oxygen atoms in total. The molecule has 0 aromatic carbocycles. The molecule has 4 aromatic heterocycles. The first kappa shape index (κ1) is 20.8. The van der Waals surface area contributed by atoms with Gasteiger partial charge in [0.2, 0.25) is 0 Å². The van der Waals surface area contributed by atoms with Gasteiger partial charge in [-0.2, -0.15) is 13.2 Å². The molecule has 0 bridgehead atoms. The monoisotopic (exact) mass is 475 g/mol. The molecule has 13 heteroatoms. The Labute approximate surface area is 175 Å². The zero-order chi connectivity index (χ0) is 22.0. The normalized spacial score (nSPS) is 12.8. The van der Waals surface area contributed by atoms with Gasteiger partial charge in [-0.3, -0.25) is 0 Å². The van der Waals surface area contributed by atoms with Crippen LogP contribution in [0.2, 0.25) is 0 Å². The number of nitrogens with zero attached hydrogens (tertiary/aromatic N) is 3. The summed E-state index contributed by atoms with van der Waals surface area (Å²) < 4.78 is 66.7. The van der Waals surface area contributed by atoms with Crippen LogP contribution in [0, 0.1) is 0 Å². The van der Waals surface area contributed by atoms with Gasteiger partial charge in [0.25, 0.3) is 0 Å². The van der Waals surface area contributed by atoms with Crippen LogP contribution in [0.15, 0.2) is 22.5 Å². The summed E-state index contributed by atoms with van der Waals surface area (Å²) in [6.07, 6.45) is -3.62. The first-order valence-electron chi connectivity index (χ1n) is 8.35. The number of imidazole rings is 1. The number of hydrogen-bond acceptors (Lipinski definition) is 7. The SMILES string of the molecule is CCS(=O)(=O)c1c(-c2nc3cc(C(F)(F)F)ncc3n2C)sc2c(C(=O)O)csc12. The van der Waals surface area contributed by atoms with E-state index in [4.69, 9.17) is 0 Å². The molecule has 4 aromatic rings. The van der Waals surface area contributed by atoms with Gasteiger partial charge in [0.15, 0.2) is 15.7 Å². The lowest BCUT2D eigenvalue weighted by atomic mass is 10.3. The van der Waals surface area contributed by atoms with Crippen molar-refractivity contribution < 1.29 is 31.5 Å². The van der Waals surface area contributed by atoms with Crippen molar-refractivity contribution >= 4 is 58.9 Å². The number of carboxylic acids is 1. The van der Waals surface area contributed by atoms with Gasteiger partial charge in [-0.05, 0) is 6.07 Å². The van der Waals surface area contributed by atoms with Gasteiger partial charge < -0.3 is 9.67 Å². The van der Waals surface area contributed by atoms with Crippen molar-refractivity contribution in [1.29, 1.82) is 0 Å². The number of halogens is 3. The van der Waals surface area contributed by atoms with Crippen LogP contribution >= 0.6 is 22.7 Å². The molecule has 0 spiro atoms. The number of aryl methyl sites for hydroxylation is 1. The Morgan fingerprint density at radius 1 is 1.30 bits per heavy atom. The molecule has 0 unspecified atom stereocenters. The number of carbonyl (C=O) groups is 1. The van der Waals surface area contributed by atoms with Crippen molar-refractivity contribution in [3.05, 3.63) is 28.9 Å². The van der Waals surface area contributed by atoms with Gasteiger partial charge in [0.05, 0.1) is 42.8 Å². The third-order valence-corrected chi connectivity index (χ3v) is 8.94. The lowest BCUT2D eigenvalue weighted by Crippen LogP contribution is -2.07. The maximum atomic E-state index is 13.0. The quantitative estimate of drug-likeness (QED) is 0.469. The van der Waals surface area contributed by atoms with Gasteiger partial charge in [-0.25, -0.2) is 23.2 Å². The maximum absolute atomic E-state index is 13.0. The number of hydrogen-bond donors (Lipinski definition) is 1.